The van der Waals surface area contributed by atoms with Crippen molar-refractivity contribution in [3.05, 3.63) is 30.1 Å². The average Bonchev–Trinajstić information content (AvgIpc) is 2.28. The smallest absolute Gasteiger partial charge is 0.207 e. The van der Waals surface area contributed by atoms with Gasteiger partial charge >= 0.3 is 0 Å². The number of benzene rings is 1. The SMILES string of the molecule is C[C@@H]1CCC[C@H](C)N1S(=O)(=O)c1cccc(F)c1. The lowest BCUT2D eigenvalue weighted by Crippen LogP contribution is -2.47. The fourth-order valence-electron chi connectivity index (χ4n) is 2.62. The Morgan fingerprint density at radius 2 is 1.83 bits per heavy atom. The minimum absolute atomic E-state index is 0.0259. The first-order valence-electron chi connectivity index (χ1n) is 6.22. The van der Waals surface area contributed by atoms with Gasteiger partial charge in [0.2, 0.25) is 10.0 Å². The number of halogens is 1. The third-order valence-electron chi connectivity index (χ3n) is 3.48. The van der Waals surface area contributed by atoms with Crippen molar-refractivity contribution in [1.82, 2.24) is 4.31 Å². The molecule has 0 unspecified atom stereocenters. The number of piperidine rings is 1. The Bertz CT molecular complexity index is 520. The molecule has 3 nitrogen and oxygen atoms in total. The molecule has 0 amide bonds. The lowest BCUT2D eigenvalue weighted by molar-refractivity contribution is 0.204. The van der Waals surface area contributed by atoms with Gasteiger partial charge in [-0.25, -0.2) is 12.8 Å². The highest BCUT2D eigenvalue weighted by molar-refractivity contribution is 7.89. The maximum absolute atomic E-state index is 13.2. The first kappa shape index (κ1) is 13.5. The number of rotatable bonds is 2. The third kappa shape index (κ3) is 2.42. The van der Waals surface area contributed by atoms with E-state index in [1.54, 1.807) is 0 Å². The van der Waals surface area contributed by atoms with Gasteiger partial charge in [0.25, 0.3) is 0 Å². The summed E-state index contributed by atoms with van der Waals surface area (Å²) in [6, 6.07) is 5.17. The molecule has 100 valence electrons. The first-order valence-corrected chi connectivity index (χ1v) is 7.66. The van der Waals surface area contributed by atoms with Crippen LogP contribution >= 0.6 is 0 Å². The predicted molar refractivity (Wildman–Crippen MR) is 68.2 cm³/mol. The van der Waals surface area contributed by atoms with Crippen molar-refractivity contribution in [2.75, 3.05) is 0 Å². The van der Waals surface area contributed by atoms with Crippen molar-refractivity contribution >= 4 is 10.0 Å². The van der Waals surface area contributed by atoms with E-state index in [-0.39, 0.29) is 17.0 Å². The van der Waals surface area contributed by atoms with Gasteiger partial charge in [0.05, 0.1) is 4.90 Å². The summed E-state index contributed by atoms with van der Waals surface area (Å²) >= 11 is 0. The van der Waals surface area contributed by atoms with Gasteiger partial charge in [0, 0.05) is 12.1 Å². The zero-order chi connectivity index (χ0) is 13.3. The fourth-order valence-corrected chi connectivity index (χ4v) is 4.53. The highest BCUT2D eigenvalue weighted by atomic mass is 32.2. The molecule has 0 N–H and O–H groups in total. The molecular weight excluding hydrogens is 253 g/mol. The zero-order valence-corrected chi connectivity index (χ0v) is 11.5. The van der Waals surface area contributed by atoms with Gasteiger partial charge in [0.15, 0.2) is 0 Å². The molecule has 1 aromatic carbocycles. The van der Waals surface area contributed by atoms with Crippen LogP contribution in [0.25, 0.3) is 0 Å². The number of hydrogen-bond donors (Lipinski definition) is 0. The van der Waals surface area contributed by atoms with E-state index in [4.69, 9.17) is 0 Å². The molecule has 1 heterocycles. The minimum Gasteiger partial charge on any atom is -0.207 e. The highest BCUT2D eigenvalue weighted by Gasteiger charge is 2.35. The van der Waals surface area contributed by atoms with Crippen LogP contribution in [0.3, 0.4) is 0 Å². The van der Waals surface area contributed by atoms with E-state index in [1.807, 2.05) is 13.8 Å². The van der Waals surface area contributed by atoms with Crippen LogP contribution in [0.4, 0.5) is 4.39 Å². The van der Waals surface area contributed by atoms with E-state index < -0.39 is 15.8 Å². The molecule has 0 aromatic heterocycles. The second kappa shape index (κ2) is 4.97. The van der Waals surface area contributed by atoms with E-state index in [1.165, 1.54) is 22.5 Å². The number of sulfonamides is 1. The standard InChI is InChI=1S/C13H18FNO2S/c1-10-5-3-6-11(2)15(10)18(16,17)13-8-4-7-12(14)9-13/h4,7-11H,3,5-6H2,1-2H3/t10-,11+. The first-order chi connectivity index (χ1) is 8.43. The second-order valence-electron chi connectivity index (χ2n) is 4.92. The van der Waals surface area contributed by atoms with Crippen molar-refractivity contribution in [2.24, 2.45) is 0 Å². The quantitative estimate of drug-likeness (QED) is 0.829. The maximum atomic E-state index is 13.2. The molecule has 0 aliphatic carbocycles. The summed E-state index contributed by atoms with van der Waals surface area (Å²) in [4.78, 5) is 0.0445. The summed E-state index contributed by atoms with van der Waals surface area (Å²) in [7, 11) is -3.59. The fraction of sp³-hybridized carbons (Fsp3) is 0.538. The van der Waals surface area contributed by atoms with Gasteiger partial charge in [-0.1, -0.05) is 12.5 Å². The van der Waals surface area contributed by atoms with Gasteiger partial charge in [-0.3, -0.25) is 0 Å². The molecule has 1 aromatic rings. The molecule has 0 saturated carbocycles. The largest absolute Gasteiger partial charge is 0.243 e. The van der Waals surface area contributed by atoms with Crippen LogP contribution < -0.4 is 0 Å². The van der Waals surface area contributed by atoms with Crippen molar-refractivity contribution in [3.8, 4) is 0 Å². The Hall–Kier alpha value is -0.940. The van der Waals surface area contributed by atoms with Gasteiger partial charge in [0.1, 0.15) is 5.82 Å². The number of hydrogen-bond acceptors (Lipinski definition) is 2. The molecule has 2 rings (SSSR count). The van der Waals surface area contributed by atoms with Crippen LogP contribution in [0.1, 0.15) is 33.1 Å². The lowest BCUT2D eigenvalue weighted by atomic mass is 10.0. The third-order valence-corrected chi connectivity index (χ3v) is 5.61. The van der Waals surface area contributed by atoms with E-state index in [0.29, 0.717) is 0 Å². The van der Waals surface area contributed by atoms with Crippen LogP contribution in [0.15, 0.2) is 29.2 Å². The van der Waals surface area contributed by atoms with E-state index in [0.717, 1.165) is 25.3 Å². The van der Waals surface area contributed by atoms with Crippen molar-refractivity contribution in [2.45, 2.75) is 50.1 Å². The van der Waals surface area contributed by atoms with Gasteiger partial charge in [-0.2, -0.15) is 4.31 Å². The molecular formula is C13H18FNO2S. The number of nitrogens with zero attached hydrogens (tertiary/aromatic N) is 1. The predicted octanol–water partition coefficient (Wildman–Crippen LogP) is 2.78. The maximum Gasteiger partial charge on any atom is 0.243 e. The highest BCUT2D eigenvalue weighted by Crippen LogP contribution is 2.29. The summed E-state index contributed by atoms with van der Waals surface area (Å²) in [5.74, 6) is -0.520. The normalized spacial score (nSPS) is 26.2. The summed E-state index contributed by atoms with van der Waals surface area (Å²) < 4.78 is 39.7. The molecule has 0 spiro atoms. The van der Waals surface area contributed by atoms with Crippen LogP contribution in [0.2, 0.25) is 0 Å². The zero-order valence-electron chi connectivity index (χ0n) is 10.6. The van der Waals surface area contributed by atoms with Crippen molar-refractivity contribution < 1.29 is 12.8 Å². The summed E-state index contributed by atoms with van der Waals surface area (Å²) in [5.41, 5.74) is 0. The van der Waals surface area contributed by atoms with E-state index in [9.17, 15) is 12.8 Å². The van der Waals surface area contributed by atoms with Crippen LogP contribution in [-0.4, -0.2) is 24.8 Å². The molecule has 0 bridgehead atoms. The van der Waals surface area contributed by atoms with Crippen LogP contribution in [0, 0.1) is 5.82 Å². The second-order valence-corrected chi connectivity index (χ2v) is 6.76. The summed E-state index contributed by atoms with van der Waals surface area (Å²) in [6.07, 6.45) is 2.76. The van der Waals surface area contributed by atoms with Crippen LogP contribution in [-0.2, 0) is 10.0 Å². The molecule has 1 saturated heterocycles. The summed E-state index contributed by atoms with van der Waals surface area (Å²) in [6.45, 7) is 3.82. The van der Waals surface area contributed by atoms with Gasteiger partial charge in [-0.15, -0.1) is 0 Å². The topological polar surface area (TPSA) is 37.4 Å². The molecule has 18 heavy (non-hydrogen) atoms. The Morgan fingerprint density at radius 1 is 1.22 bits per heavy atom. The Kier molecular flexibility index (Phi) is 3.73. The van der Waals surface area contributed by atoms with Crippen LogP contribution in [0.5, 0.6) is 0 Å². The molecule has 5 heteroatoms. The van der Waals surface area contributed by atoms with E-state index in [2.05, 4.69) is 0 Å². The molecule has 1 aliphatic rings. The monoisotopic (exact) mass is 271 g/mol. The summed E-state index contributed by atoms with van der Waals surface area (Å²) in [5, 5.41) is 0. The van der Waals surface area contributed by atoms with Gasteiger partial charge in [-0.05, 0) is 44.9 Å². The Labute approximate surface area is 108 Å². The minimum atomic E-state index is -3.59. The van der Waals surface area contributed by atoms with Gasteiger partial charge < -0.3 is 0 Å². The lowest BCUT2D eigenvalue weighted by Gasteiger charge is -2.37. The molecule has 0 radical (unpaired) electrons. The Morgan fingerprint density at radius 3 is 2.39 bits per heavy atom. The van der Waals surface area contributed by atoms with Crippen molar-refractivity contribution in [3.63, 3.8) is 0 Å². The molecule has 1 fully saturated rings. The molecule has 1 aliphatic heterocycles. The Balaban J connectivity index is 2.41. The van der Waals surface area contributed by atoms with E-state index >= 15 is 0 Å². The average molecular weight is 271 g/mol. The van der Waals surface area contributed by atoms with Crippen molar-refractivity contribution in [1.29, 1.82) is 0 Å². The molecule has 2 atom stereocenters.